The van der Waals surface area contributed by atoms with E-state index in [4.69, 9.17) is 4.74 Å². The second-order valence-electron chi connectivity index (χ2n) is 3.58. The summed E-state index contributed by atoms with van der Waals surface area (Å²) in [6, 6.07) is 0. The van der Waals surface area contributed by atoms with Crippen LogP contribution in [-0.4, -0.2) is 25.7 Å². The predicted molar refractivity (Wildman–Crippen MR) is 40.1 cm³/mol. The Morgan fingerprint density at radius 2 is 2.36 bits per heavy atom. The van der Waals surface area contributed by atoms with Gasteiger partial charge in [0.1, 0.15) is 0 Å². The molecule has 2 saturated heterocycles. The summed E-state index contributed by atoms with van der Waals surface area (Å²) < 4.78 is 5.31. The van der Waals surface area contributed by atoms with Crippen LogP contribution in [0.2, 0.25) is 0 Å². The van der Waals surface area contributed by atoms with E-state index in [1.165, 1.54) is 0 Å². The van der Waals surface area contributed by atoms with Gasteiger partial charge in [0.25, 0.3) is 0 Å². The molecule has 2 heterocycles. The van der Waals surface area contributed by atoms with Crippen LogP contribution < -0.4 is 5.32 Å². The van der Waals surface area contributed by atoms with Crippen LogP contribution in [-0.2, 0) is 9.53 Å². The standard InChI is InChI=1S/C8H13NO2/c10-7-5-8(1-3-9-7)2-4-11-6-8/h1-6H2,(H,9,10). The van der Waals surface area contributed by atoms with E-state index in [1.54, 1.807) is 0 Å². The topological polar surface area (TPSA) is 38.3 Å². The summed E-state index contributed by atoms with van der Waals surface area (Å²) in [6.45, 7) is 2.47. The Morgan fingerprint density at radius 3 is 3.00 bits per heavy atom. The van der Waals surface area contributed by atoms with Crippen molar-refractivity contribution in [1.29, 1.82) is 0 Å². The number of hydrogen-bond acceptors (Lipinski definition) is 2. The third-order valence-corrected chi connectivity index (χ3v) is 2.70. The molecule has 1 N–H and O–H groups in total. The van der Waals surface area contributed by atoms with Gasteiger partial charge in [-0.1, -0.05) is 0 Å². The van der Waals surface area contributed by atoms with E-state index in [-0.39, 0.29) is 11.3 Å². The lowest BCUT2D eigenvalue weighted by atomic mass is 9.78. The molecule has 62 valence electrons. The summed E-state index contributed by atoms with van der Waals surface area (Å²) in [5.41, 5.74) is 0.211. The van der Waals surface area contributed by atoms with Crippen LogP contribution in [0.25, 0.3) is 0 Å². The van der Waals surface area contributed by atoms with Gasteiger partial charge in [0.2, 0.25) is 5.91 Å². The van der Waals surface area contributed by atoms with Crippen molar-refractivity contribution in [3.8, 4) is 0 Å². The second-order valence-corrected chi connectivity index (χ2v) is 3.58. The zero-order valence-corrected chi connectivity index (χ0v) is 6.56. The molecule has 0 aromatic heterocycles. The van der Waals surface area contributed by atoms with Crippen LogP contribution >= 0.6 is 0 Å². The number of amides is 1. The highest BCUT2D eigenvalue weighted by Gasteiger charge is 2.38. The molecule has 2 fully saturated rings. The van der Waals surface area contributed by atoms with Gasteiger partial charge in [-0.05, 0) is 12.8 Å². The molecule has 3 heteroatoms. The number of piperidine rings is 1. The van der Waals surface area contributed by atoms with Gasteiger partial charge in [0.15, 0.2) is 0 Å². The molecule has 1 spiro atoms. The van der Waals surface area contributed by atoms with Gasteiger partial charge in [0.05, 0.1) is 6.61 Å². The SMILES string of the molecule is O=C1CC2(CCN1)CCOC2. The summed E-state index contributed by atoms with van der Waals surface area (Å²) in [5, 5.41) is 2.84. The molecule has 1 amide bonds. The first-order valence-corrected chi connectivity index (χ1v) is 4.15. The van der Waals surface area contributed by atoms with Crippen LogP contribution in [0.1, 0.15) is 19.3 Å². The summed E-state index contributed by atoms with van der Waals surface area (Å²) >= 11 is 0. The molecular formula is C8H13NO2. The minimum atomic E-state index is 0.196. The molecule has 0 aliphatic carbocycles. The predicted octanol–water partition coefficient (Wildman–Crippen LogP) is 0.303. The number of carbonyl (C=O) groups excluding carboxylic acids is 1. The van der Waals surface area contributed by atoms with E-state index in [0.717, 1.165) is 32.6 Å². The van der Waals surface area contributed by atoms with Gasteiger partial charge in [-0.2, -0.15) is 0 Å². The number of nitrogens with one attached hydrogen (secondary N) is 1. The molecule has 2 aliphatic heterocycles. The first-order chi connectivity index (χ1) is 5.31. The summed E-state index contributed by atoms with van der Waals surface area (Å²) in [5.74, 6) is 0.196. The Bertz CT molecular complexity index is 173. The highest BCUT2D eigenvalue weighted by atomic mass is 16.5. The molecule has 1 atom stereocenters. The fraction of sp³-hybridized carbons (Fsp3) is 0.875. The van der Waals surface area contributed by atoms with Crippen molar-refractivity contribution in [2.75, 3.05) is 19.8 Å². The lowest BCUT2D eigenvalue weighted by molar-refractivity contribution is -0.125. The van der Waals surface area contributed by atoms with Crippen molar-refractivity contribution >= 4 is 5.91 Å². The van der Waals surface area contributed by atoms with Crippen molar-refractivity contribution in [2.45, 2.75) is 19.3 Å². The third kappa shape index (κ3) is 1.25. The van der Waals surface area contributed by atoms with Crippen LogP contribution in [0.4, 0.5) is 0 Å². The molecular weight excluding hydrogens is 142 g/mol. The van der Waals surface area contributed by atoms with E-state index in [0.29, 0.717) is 6.42 Å². The third-order valence-electron chi connectivity index (χ3n) is 2.70. The number of hydrogen-bond donors (Lipinski definition) is 1. The van der Waals surface area contributed by atoms with E-state index >= 15 is 0 Å². The van der Waals surface area contributed by atoms with Crippen molar-refractivity contribution in [3.63, 3.8) is 0 Å². The molecule has 0 radical (unpaired) electrons. The number of ether oxygens (including phenoxy) is 1. The van der Waals surface area contributed by atoms with Crippen LogP contribution in [0.15, 0.2) is 0 Å². The Morgan fingerprint density at radius 1 is 1.45 bits per heavy atom. The zero-order valence-electron chi connectivity index (χ0n) is 6.56. The van der Waals surface area contributed by atoms with Gasteiger partial charge < -0.3 is 10.1 Å². The maximum atomic E-state index is 11.1. The highest BCUT2D eigenvalue weighted by molar-refractivity contribution is 5.77. The molecule has 1 unspecified atom stereocenters. The van der Waals surface area contributed by atoms with Crippen LogP contribution in [0.3, 0.4) is 0 Å². The maximum Gasteiger partial charge on any atom is 0.220 e. The van der Waals surface area contributed by atoms with Crippen molar-refractivity contribution in [1.82, 2.24) is 5.32 Å². The van der Waals surface area contributed by atoms with E-state index in [2.05, 4.69) is 5.32 Å². The summed E-state index contributed by atoms with van der Waals surface area (Å²) in [4.78, 5) is 11.1. The molecule has 0 aromatic carbocycles. The Kier molecular flexibility index (Phi) is 1.60. The molecule has 3 nitrogen and oxygen atoms in total. The normalized spacial score (nSPS) is 37.6. The van der Waals surface area contributed by atoms with E-state index in [1.807, 2.05) is 0 Å². The quantitative estimate of drug-likeness (QED) is 0.546. The van der Waals surface area contributed by atoms with Gasteiger partial charge in [0, 0.05) is 25.0 Å². The van der Waals surface area contributed by atoms with Crippen molar-refractivity contribution in [2.24, 2.45) is 5.41 Å². The van der Waals surface area contributed by atoms with Crippen molar-refractivity contribution in [3.05, 3.63) is 0 Å². The number of carbonyl (C=O) groups is 1. The van der Waals surface area contributed by atoms with Gasteiger partial charge in [-0.25, -0.2) is 0 Å². The van der Waals surface area contributed by atoms with Crippen molar-refractivity contribution < 1.29 is 9.53 Å². The molecule has 11 heavy (non-hydrogen) atoms. The molecule has 0 aromatic rings. The largest absolute Gasteiger partial charge is 0.381 e. The first-order valence-electron chi connectivity index (χ1n) is 4.15. The lowest BCUT2D eigenvalue weighted by Gasteiger charge is -2.30. The van der Waals surface area contributed by atoms with Gasteiger partial charge in [-0.15, -0.1) is 0 Å². The smallest absolute Gasteiger partial charge is 0.220 e. The molecule has 0 saturated carbocycles. The van der Waals surface area contributed by atoms with Crippen LogP contribution in [0, 0.1) is 5.41 Å². The van der Waals surface area contributed by atoms with E-state index < -0.39 is 0 Å². The average molecular weight is 155 g/mol. The minimum Gasteiger partial charge on any atom is -0.381 e. The Balaban J connectivity index is 2.05. The van der Waals surface area contributed by atoms with Crippen LogP contribution in [0.5, 0.6) is 0 Å². The lowest BCUT2D eigenvalue weighted by Crippen LogP contribution is -2.41. The average Bonchev–Trinajstić information content (AvgIpc) is 2.37. The Labute approximate surface area is 66.1 Å². The van der Waals surface area contributed by atoms with Gasteiger partial charge >= 0.3 is 0 Å². The Hall–Kier alpha value is -0.570. The minimum absolute atomic E-state index is 0.196. The highest BCUT2D eigenvalue weighted by Crippen LogP contribution is 2.37. The first kappa shape index (κ1) is 7.10. The maximum absolute atomic E-state index is 11.1. The van der Waals surface area contributed by atoms with Gasteiger partial charge in [-0.3, -0.25) is 4.79 Å². The number of rotatable bonds is 0. The summed E-state index contributed by atoms with van der Waals surface area (Å²) in [7, 11) is 0. The monoisotopic (exact) mass is 155 g/mol. The van der Waals surface area contributed by atoms with E-state index in [9.17, 15) is 4.79 Å². The fourth-order valence-electron chi connectivity index (χ4n) is 1.94. The fourth-order valence-corrected chi connectivity index (χ4v) is 1.94. The molecule has 2 aliphatic rings. The zero-order chi connectivity index (χ0) is 7.73. The molecule has 2 rings (SSSR count). The molecule has 0 bridgehead atoms. The summed E-state index contributed by atoms with van der Waals surface area (Å²) in [6.07, 6.45) is 2.84. The second kappa shape index (κ2) is 2.48.